The third-order valence-electron chi connectivity index (χ3n) is 6.17. The van der Waals surface area contributed by atoms with Crippen molar-refractivity contribution in [2.24, 2.45) is 7.05 Å². The van der Waals surface area contributed by atoms with E-state index in [9.17, 15) is 0 Å². The minimum Gasteiger partial charge on any atom is -0.472 e. The van der Waals surface area contributed by atoms with Gasteiger partial charge < -0.3 is 14.0 Å². The van der Waals surface area contributed by atoms with Crippen molar-refractivity contribution in [1.82, 2.24) is 19.4 Å². The lowest BCUT2D eigenvalue weighted by molar-refractivity contribution is 0.192. The first-order chi connectivity index (χ1) is 14.3. The topological polar surface area (TPSA) is 50.0 Å². The molecule has 5 aromatic rings. The number of hydrogen-bond acceptors (Lipinski definition) is 3. The number of aryl methyl sites for hydroxylation is 1. The van der Waals surface area contributed by atoms with Gasteiger partial charge in [0.2, 0.25) is 0 Å². The van der Waals surface area contributed by atoms with E-state index in [0.29, 0.717) is 0 Å². The van der Waals surface area contributed by atoms with E-state index in [-0.39, 0.29) is 6.04 Å². The number of nitrogens with one attached hydrogen (secondary N) is 1. The minimum atomic E-state index is 0.0680. The zero-order valence-electron chi connectivity index (χ0n) is 16.3. The van der Waals surface area contributed by atoms with Gasteiger partial charge in [-0.3, -0.25) is 4.90 Å². The Morgan fingerprint density at radius 1 is 1.10 bits per heavy atom. The van der Waals surface area contributed by atoms with Gasteiger partial charge in [-0.25, -0.2) is 4.98 Å². The third-order valence-corrected chi connectivity index (χ3v) is 6.17. The van der Waals surface area contributed by atoms with Crippen LogP contribution in [0.3, 0.4) is 0 Å². The molecule has 3 aromatic heterocycles. The average Bonchev–Trinajstić information content (AvgIpc) is 3.46. The van der Waals surface area contributed by atoms with Gasteiger partial charge in [-0.15, -0.1) is 0 Å². The van der Waals surface area contributed by atoms with Crippen LogP contribution in [0.4, 0.5) is 0 Å². The summed E-state index contributed by atoms with van der Waals surface area (Å²) < 4.78 is 7.57. The fourth-order valence-corrected chi connectivity index (χ4v) is 4.78. The number of imidazole rings is 1. The Hall–Kier alpha value is -3.31. The van der Waals surface area contributed by atoms with E-state index >= 15 is 0 Å². The number of rotatable bonds is 3. The van der Waals surface area contributed by atoms with Gasteiger partial charge in [0.1, 0.15) is 11.9 Å². The molecule has 5 heteroatoms. The van der Waals surface area contributed by atoms with Crippen LogP contribution in [0.25, 0.3) is 21.9 Å². The lowest BCUT2D eigenvalue weighted by Gasteiger charge is -2.35. The van der Waals surface area contributed by atoms with Crippen LogP contribution in [-0.4, -0.2) is 26.0 Å². The summed E-state index contributed by atoms with van der Waals surface area (Å²) in [6.45, 7) is 1.81. The van der Waals surface area contributed by atoms with Gasteiger partial charge in [-0.05, 0) is 36.2 Å². The normalized spacial score (nSPS) is 17.2. The van der Waals surface area contributed by atoms with E-state index in [0.717, 1.165) is 36.4 Å². The molecule has 0 radical (unpaired) electrons. The molecule has 1 unspecified atom stereocenters. The standard InChI is InChI=1S/C24H22N4O/c1-27-21-9-5-4-8-20(21)26-24(27)23-22-18(17-6-2-3-7-19(17)25-22)10-12-28(23)14-16-11-13-29-15-16/h2-9,11,13,15,23,25H,10,12,14H2,1H3. The molecular weight excluding hydrogens is 360 g/mol. The van der Waals surface area contributed by atoms with E-state index in [4.69, 9.17) is 9.40 Å². The highest BCUT2D eigenvalue weighted by molar-refractivity contribution is 5.85. The van der Waals surface area contributed by atoms with E-state index in [1.807, 2.05) is 12.3 Å². The maximum absolute atomic E-state index is 5.33. The monoisotopic (exact) mass is 382 g/mol. The summed E-state index contributed by atoms with van der Waals surface area (Å²) in [6.07, 6.45) is 4.61. The smallest absolute Gasteiger partial charge is 0.133 e. The van der Waals surface area contributed by atoms with Crippen LogP contribution in [0.5, 0.6) is 0 Å². The summed E-state index contributed by atoms with van der Waals surface area (Å²) in [7, 11) is 2.12. The van der Waals surface area contributed by atoms with E-state index in [1.165, 1.54) is 27.7 Å². The van der Waals surface area contributed by atoms with Crippen molar-refractivity contribution >= 4 is 21.9 Å². The maximum atomic E-state index is 5.33. The highest BCUT2D eigenvalue weighted by atomic mass is 16.3. The second-order valence-electron chi connectivity index (χ2n) is 7.84. The highest BCUT2D eigenvalue weighted by Gasteiger charge is 2.34. The number of furan rings is 1. The second kappa shape index (κ2) is 6.36. The molecule has 1 aliphatic heterocycles. The summed E-state index contributed by atoms with van der Waals surface area (Å²) in [5, 5.41) is 1.33. The molecule has 0 saturated carbocycles. The molecule has 0 spiro atoms. The van der Waals surface area contributed by atoms with Crippen LogP contribution in [0.1, 0.15) is 28.7 Å². The summed E-state index contributed by atoms with van der Waals surface area (Å²) in [5.74, 6) is 1.07. The number of H-pyrrole nitrogens is 1. The molecule has 2 aromatic carbocycles. The van der Waals surface area contributed by atoms with Crippen molar-refractivity contribution in [2.75, 3.05) is 6.54 Å². The molecule has 0 bridgehead atoms. The van der Waals surface area contributed by atoms with Gasteiger partial charge >= 0.3 is 0 Å². The van der Waals surface area contributed by atoms with E-state index < -0.39 is 0 Å². The molecule has 1 atom stereocenters. The first-order valence-electron chi connectivity index (χ1n) is 10.1. The van der Waals surface area contributed by atoms with E-state index in [1.54, 1.807) is 6.26 Å². The van der Waals surface area contributed by atoms with Gasteiger partial charge in [0.05, 0.1) is 23.6 Å². The molecule has 1 N–H and O–H groups in total. The zero-order valence-corrected chi connectivity index (χ0v) is 16.3. The number of para-hydroxylation sites is 3. The van der Waals surface area contributed by atoms with Gasteiger partial charge in [-0.1, -0.05) is 30.3 Å². The fourth-order valence-electron chi connectivity index (χ4n) is 4.78. The lowest BCUT2D eigenvalue weighted by Crippen LogP contribution is -2.36. The van der Waals surface area contributed by atoms with Gasteiger partial charge in [0.25, 0.3) is 0 Å². The van der Waals surface area contributed by atoms with Crippen molar-refractivity contribution in [2.45, 2.75) is 19.0 Å². The van der Waals surface area contributed by atoms with Gasteiger partial charge in [0, 0.05) is 42.3 Å². The lowest BCUT2D eigenvalue weighted by atomic mass is 9.96. The predicted molar refractivity (Wildman–Crippen MR) is 114 cm³/mol. The number of benzene rings is 2. The van der Waals surface area contributed by atoms with E-state index in [2.05, 4.69) is 70.0 Å². The first-order valence-corrected chi connectivity index (χ1v) is 10.1. The largest absolute Gasteiger partial charge is 0.472 e. The molecule has 0 fully saturated rings. The molecule has 4 heterocycles. The Labute approximate surface area is 168 Å². The second-order valence-corrected chi connectivity index (χ2v) is 7.84. The summed E-state index contributed by atoms with van der Waals surface area (Å²) in [4.78, 5) is 11.3. The fraction of sp³-hybridized carbons (Fsp3) is 0.208. The Morgan fingerprint density at radius 2 is 1.97 bits per heavy atom. The molecule has 0 amide bonds. The molecular formula is C24H22N4O. The van der Waals surface area contributed by atoms with Gasteiger partial charge in [0.15, 0.2) is 0 Å². The van der Waals surface area contributed by atoms with Crippen molar-refractivity contribution in [1.29, 1.82) is 0 Å². The molecule has 0 aliphatic carbocycles. The van der Waals surface area contributed by atoms with Crippen molar-refractivity contribution in [3.63, 3.8) is 0 Å². The number of fused-ring (bicyclic) bond motifs is 4. The first kappa shape index (κ1) is 16.6. The number of aromatic amines is 1. The van der Waals surface area contributed by atoms with Crippen LogP contribution < -0.4 is 0 Å². The van der Waals surface area contributed by atoms with Crippen LogP contribution in [-0.2, 0) is 20.0 Å². The molecule has 144 valence electrons. The maximum Gasteiger partial charge on any atom is 0.133 e. The summed E-state index contributed by atoms with van der Waals surface area (Å²) >= 11 is 0. The quantitative estimate of drug-likeness (QED) is 0.488. The minimum absolute atomic E-state index is 0.0680. The highest BCUT2D eigenvalue weighted by Crippen LogP contribution is 2.39. The summed E-state index contributed by atoms with van der Waals surface area (Å²) in [5.41, 5.74) is 7.27. The molecule has 0 saturated heterocycles. The third kappa shape index (κ3) is 2.54. The van der Waals surface area contributed by atoms with Crippen LogP contribution in [0.2, 0.25) is 0 Å². The molecule has 5 nitrogen and oxygen atoms in total. The van der Waals surface area contributed by atoms with Gasteiger partial charge in [-0.2, -0.15) is 0 Å². The Balaban J connectivity index is 1.56. The van der Waals surface area contributed by atoms with Crippen LogP contribution in [0, 0.1) is 0 Å². The SMILES string of the molecule is Cn1c(C2c3[nH]c4ccccc4c3CCN2Cc2ccoc2)nc2ccccc21. The molecule has 6 rings (SSSR count). The van der Waals surface area contributed by atoms with Crippen LogP contribution >= 0.6 is 0 Å². The van der Waals surface area contributed by atoms with Crippen molar-refractivity contribution < 1.29 is 4.42 Å². The number of aromatic nitrogens is 3. The predicted octanol–water partition coefficient (Wildman–Crippen LogP) is 4.80. The molecule has 29 heavy (non-hydrogen) atoms. The zero-order chi connectivity index (χ0) is 19.4. The summed E-state index contributed by atoms with van der Waals surface area (Å²) in [6, 6.07) is 19.1. The number of nitrogens with zero attached hydrogens (tertiary/aromatic N) is 3. The Bertz CT molecular complexity index is 1310. The van der Waals surface area contributed by atoms with Crippen molar-refractivity contribution in [3.8, 4) is 0 Å². The van der Waals surface area contributed by atoms with Crippen molar-refractivity contribution in [3.05, 3.63) is 89.8 Å². The number of hydrogen-bond donors (Lipinski definition) is 1. The Kier molecular flexibility index (Phi) is 3.64. The van der Waals surface area contributed by atoms with Crippen LogP contribution in [0.15, 0.2) is 71.5 Å². The Morgan fingerprint density at radius 3 is 2.83 bits per heavy atom. The average molecular weight is 382 g/mol. The molecule has 1 aliphatic rings.